The van der Waals surface area contributed by atoms with Crippen LogP contribution in [0.5, 0.6) is 0 Å². The van der Waals surface area contributed by atoms with E-state index in [0.717, 1.165) is 16.5 Å². The highest BCUT2D eigenvalue weighted by Gasteiger charge is 2.24. The number of benzene rings is 1. The van der Waals surface area contributed by atoms with E-state index in [9.17, 15) is 4.79 Å². The van der Waals surface area contributed by atoms with Crippen LogP contribution in [-0.2, 0) is 6.54 Å². The van der Waals surface area contributed by atoms with Crippen molar-refractivity contribution < 1.29 is 0 Å². The minimum Gasteiger partial charge on any atom is -0.322 e. The van der Waals surface area contributed by atoms with Crippen molar-refractivity contribution in [1.82, 2.24) is 15.4 Å². The fourth-order valence-electron chi connectivity index (χ4n) is 3.23. The Morgan fingerprint density at radius 2 is 1.95 bits per heavy atom. The molecule has 4 heteroatoms. The Labute approximate surface area is 125 Å². The number of hydrogen-bond acceptors (Lipinski definition) is 3. The van der Waals surface area contributed by atoms with Gasteiger partial charge >= 0.3 is 0 Å². The van der Waals surface area contributed by atoms with Gasteiger partial charge in [-0.3, -0.25) is 10.2 Å². The van der Waals surface area contributed by atoms with Gasteiger partial charge in [-0.2, -0.15) is 0 Å². The molecule has 0 amide bonds. The summed E-state index contributed by atoms with van der Waals surface area (Å²) >= 11 is 0. The summed E-state index contributed by atoms with van der Waals surface area (Å²) in [6.07, 6.45) is 3.72. The molecule has 0 aliphatic carbocycles. The monoisotopic (exact) mass is 285 g/mol. The van der Waals surface area contributed by atoms with Gasteiger partial charge in [-0.05, 0) is 44.2 Å². The molecule has 2 unspecified atom stereocenters. The Hall–Kier alpha value is -1.65. The predicted octanol–water partition coefficient (Wildman–Crippen LogP) is 2.80. The van der Waals surface area contributed by atoms with Crippen LogP contribution in [0.15, 0.2) is 35.1 Å². The van der Waals surface area contributed by atoms with E-state index < -0.39 is 0 Å². The fraction of sp³-hybridized carbons (Fsp3) is 0.471. The van der Waals surface area contributed by atoms with Crippen LogP contribution in [0.25, 0.3) is 10.9 Å². The highest BCUT2D eigenvalue weighted by Crippen LogP contribution is 2.20. The summed E-state index contributed by atoms with van der Waals surface area (Å²) in [5.74, 6) is 0. The fourth-order valence-corrected chi connectivity index (χ4v) is 3.23. The zero-order chi connectivity index (χ0) is 14.8. The van der Waals surface area contributed by atoms with Crippen LogP contribution in [0.4, 0.5) is 0 Å². The molecule has 1 aliphatic rings. The molecule has 21 heavy (non-hydrogen) atoms. The number of rotatable bonds is 3. The first-order valence-corrected chi connectivity index (χ1v) is 7.78. The number of para-hydroxylation sites is 1. The van der Waals surface area contributed by atoms with Gasteiger partial charge in [-0.1, -0.05) is 24.6 Å². The van der Waals surface area contributed by atoms with Crippen molar-refractivity contribution >= 4 is 10.9 Å². The summed E-state index contributed by atoms with van der Waals surface area (Å²) in [5, 5.41) is 3.38. The van der Waals surface area contributed by atoms with Gasteiger partial charge in [0.1, 0.15) is 0 Å². The van der Waals surface area contributed by atoms with Gasteiger partial charge in [-0.15, -0.1) is 0 Å². The summed E-state index contributed by atoms with van der Waals surface area (Å²) < 4.78 is 0. The number of piperidine rings is 1. The van der Waals surface area contributed by atoms with E-state index in [0.29, 0.717) is 18.6 Å². The van der Waals surface area contributed by atoms with E-state index in [4.69, 9.17) is 0 Å². The normalized spacial score (nSPS) is 23.5. The number of aromatic nitrogens is 1. The van der Waals surface area contributed by atoms with E-state index >= 15 is 0 Å². The number of pyridine rings is 1. The maximum absolute atomic E-state index is 12.2. The van der Waals surface area contributed by atoms with Crippen molar-refractivity contribution in [3.63, 3.8) is 0 Å². The van der Waals surface area contributed by atoms with Gasteiger partial charge in [0.25, 0.3) is 5.56 Å². The Kier molecular flexibility index (Phi) is 4.08. The van der Waals surface area contributed by atoms with Gasteiger partial charge in [0.2, 0.25) is 0 Å². The molecule has 0 radical (unpaired) electrons. The molecule has 1 aromatic carbocycles. The van der Waals surface area contributed by atoms with Crippen molar-refractivity contribution in [1.29, 1.82) is 0 Å². The summed E-state index contributed by atoms with van der Waals surface area (Å²) in [4.78, 5) is 15.1. The van der Waals surface area contributed by atoms with Crippen molar-refractivity contribution in [2.45, 2.75) is 51.7 Å². The molecule has 1 aromatic heterocycles. The Balaban J connectivity index is 1.78. The highest BCUT2D eigenvalue weighted by molar-refractivity contribution is 5.78. The first-order chi connectivity index (χ1) is 10.1. The first-order valence-electron chi connectivity index (χ1n) is 7.78. The lowest BCUT2D eigenvalue weighted by atomic mass is 10.00. The zero-order valence-electron chi connectivity index (χ0n) is 12.7. The molecular formula is C17H23N3O. The van der Waals surface area contributed by atoms with E-state index in [1.54, 1.807) is 0 Å². The molecule has 112 valence electrons. The third-order valence-corrected chi connectivity index (χ3v) is 4.48. The van der Waals surface area contributed by atoms with Crippen molar-refractivity contribution in [3.05, 3.63) is 46.2 Å². The average molecular weight is 285 g/mol. The summed E-state index contributed by atoms with van der Waals surface area (Å²) in [6.45, 7) is 5.06. The van der Waals surface area contributed by atoms with Gasteiger partial charge in [0.05, 0.1) is 0 Å². The molecule has 3 rings (SSSR count). The number of H-pyrrole nitrogens is 1. The average Bonchev–Trinajstić information content (AvgIpc) is 2.47. The molecule has 2 atom stereocenters. The zero-order valence-corrected chi connectivity index (χ0v) is 12.7. The molecule has 1 fully saturated rings. The van der Waals surface area contributed by atoms with Crippen LogP contribution in [0.2, 0.25) is 0 Å². The Bertz CT molecular complexity index is 669. The van der Waals surface area contributed by atoms with E-state index in [1.807, 2.05) is 30.3 Å². The maximum atomic E-state index is 12.2. The second-order valence-electron chi connectivity index (χ2n) is 6.08. The third kappa shape index (κ3) is 3.01. The number of nitrogens with zero attached hydrogens (tertiary/aromatic N) is 1. The summed E-state index contributed by atoms with van der Waals surface area (Å²) in [7, 11) is 0. The quantitative estimate of drug-likeness (QED) is 0.911. The van der Waals surface area contributed by atoms with E-state index in [2.05, 4.69) is 29.3 Å². The second kappa shape index (κ2) is 6.00. The molecule has 0 bridgehead atoms. The number of hydrogen-bond donors (Lipinski definition) is 2. The summed E-state index contributed by atoms with van der Waals surface area (Å²) in [5.41, 5.74) is 5.14. The topological polar surface area (TPSA) is 48.1 Å². The van der Waals surface area contributed by atoms with Gasteiger partial charge in [0.15, 0.2) is 0 Å². The number of aromatic amines is 1. The van der Waals surface area contributed by atoms with Crippen LogP contribution in [0.3, 0.4) is 0 Å². The number of fused-ring (bicyclic) bond motifs is 1. The Morgan fingerprint density at radius 1 is 1.24 bits per heavy atom. The molecular weight excluding hydrogens is 262 g/mol. The second-order valence-corrected chi connectivity index (χ2v) is 6.08. The van der Waals surface area contributed by atoms with Crippen LogP contribution in [0, 0.1) is 0 Å². The van der Waals surface area contributed by atoms with Crippen LogP contribution in [-0.4, -0.2) is 22.1 Å². The molecule has 0 saturated carbocycles. The molecule has 4 nitrogen and oxygen atoms in total. The minimum atomic E-state index is -0.00137. The minimum absolute atomic E-state index is 0.00137. The molecule has 2 N–H and O–H groups in total. The lowest BCUT2D eigenvalue weighted by Gasteiger charge is -2.39. The van der Waals surface area contributed by atoms with Gasteiger partial charge in [0, 0.05) is 29.7 Å². The number of hydrazine groups is 1. The van der Waals surface area contributed by atoms with E-state index in [1.165, 1.54) is 19.3 Å². The number of nitrogens with one attached hydrogen (secondary N) is 2. The maximum Gasteiger partial charge on any atom is 0.252 e. The lowest BCUT2D eigenvalue weighted by Crippen LogP contribution is -2.52. The third-order valence-electron chi connectivity index (χ3n) is 4.48. The SMILES string of the molecule is CC1CCCC(C)N1NCc1cc2ccccc2[nH]c1=O. The van der Waals surface area contributed by atoms with Crippen molar-refractivity contribution in [3.8, 4) is 0 Å². The van der Waals surface area contributed by atoms with E-state index in [-0.39, 0.29) is 5.56 Å². The Morgan fingerprint density at radius 3 is 2.71 bits per heavy atom. The van der Waals surface area contributed by atoms with Crippen LogP contribution in [0.1, 0.15) is 38.7 Å². The molecule has 2 aromatic rings. The smallest absolute Gasteiger partial charge is 0.252 e. The highest BCUT2D eigenvalue weighted by atomic mass is 16.1. The van der Waals surface area contributed by atoms with Gasteiger partial charge in [-0.25, -0.2) is 5.01 Å². The largest absolute Gasteiger partial charge is 0.322 e. The molecule has 1 aliphatic heterocycles. The summed E-state index contributed by atoms with van der Waals surface area (Å²) in [6, 6.07) is 10.9. The van der Waals surface area contributed by atoms with Crippen LogP contribution >= 0.6 is 0 Å². The molecule has 2 heterocycles. The van der Waals surface area contributed by atoms with Crippen molar-refractivity contribution in [2.24, 2.45) is 0 Å². The van der Waals surface area contributed by atoms with Crippen molar-refractivity contribution in [2.75, 3.05) is 0 Å². The van der Waals surface area contributed by atoms with Gasteiger partial charge < -0.3 is 4.98 Å². The standard InChI is InChI=1S/C17H23N3O/c1-12-6-5-7-13(2)20(12)18-11-15-10-14-8-3-4-9-16(14)19-17(15)21/h3-4,8-10,12-13,18H,5-7,11H2,1-2H3,(H,19,21). The molecule has 0 spiro atoms. The molecule has 1 saturated heterocycles. The lowest BCUT2D eigenvalue weighted by molar-refractivity contribution is 0.0434. The predicted molar refractivity (Wildman–Crippen MR) is 86.0 cm³/mol. The first kappa shape index (κ1) is 14.3. The van der Waals surface area contributed by atoms with Crippen LogP contribution < -0.4 is 11.0 Å².